The normalized spacial score (nSPS) is 15.6. The summed E-state index contributed by atoms with van der Waals surface area (Å²) >= 11 is 0. The summed E-state index contributed by atoms with van der Waals surface area (Å²) in [6.45, 7) is 0.265. The van der Waals surface area contributed by atoms with Crippen molar-refractivity contribution in [3.8, 4) is 0 Å². The molecule has 0 heterocycles. The molecule has 14 heteroatoms. The molecule has 0 rings (SSSR count). The number of aliphatic carboxylic acids is 3. The molecule has 0 aliphatic rings. The van der Waals surface area contributed by atoms with E-state index in [1.165, 1.54) is 12.2 Å². The summed E-state index contributed by atoms with van der Waals surface area (Å²) in [6.07, 6.45) is 13.7. The van der Waals surface area contributed by atoms with Gasteiger partial charge in [0, 0.05) is 12.8 Å². The van der Waals surface area contributed by atoms with Crippen LogP contribution in [-0.4, -0.2) is 104 Å². The largest absolute Gasteiger partial charge is 0.481 e. The van der Waals surface area contributed by atoms with E-state index in [-0.39, 0.29) is 19.3 Å². The SMILES string of the molecule is CC/C=C\CC(O)/C=C/C=C\C=C\C=C\C(OCC(OC(=O)CCC(O)C(=O)O)C(=O)OCC(=O)O)C(O)C/C=C\CCC(=O)O. The maximum Gasteiger partial charge on any atom is 0.350 e. The van der Waals surface area contributed by atoms with Gasteiger partial charge in [-0.15, -0.1) is 0 Å². The lowest BCUT2D eigenvalue weighted by Crippen LogP contribution is -2.38. The number of aliphatic hydroxyl groups is 3. The molecular formula is C32H44O14. The fourth-order valence-corrected chi connectivity index (χ4v) is 3.26. The summed E-state index contributed by atoms with van der Waals surface area (Å²) in [5, 5.41) is 56.3. The van der Waals surface area contributed by atoms with Crippen LogP contribution in [0.25, 0.3) is 0 Å². The Morgan fingerprint density at radius 3 is 1.98 bits per heavy atom. The molecule has 0 bridgehead atoms. The molecule has 0 saturated heterocycles. The van der Waals surface area contributed by atoms with E-state index in [1.807, 2.05) is 19.1 Å². The molecule has 14 nitrogen and oxygen atoms in total. The molecule has 0 amide bonds. The Bertz CT molecular complexity index is 1120. The monoisotopic (exact) mass is 652 g/mol. The summed E-state index contributed by atoms with van der Waals surface area (Å²) < 4.78 is 15.2. The smallest absolute Gasteiger partial charge is 0.350 e. The summed E-state index contributed by atoms with van der Waals surface area (Å²) in [5.74, 6) is -6.40. The molecule has 5 unspecified atom stereocenters. The summed E-state index contributed by atoms with van der Waals surface area (Å²) in [5.41, 5.74) is 0. The van der Waals surface area contributed by atoms with Crippen molar-refractivity contribution >= 4 is 29.8 Å². The molecule has 0 aromatic rings. The lowest BCUT2D eigenvalue weighted by Gasteiger charge is -2.23. The van der Waals surface area contributed by atoms with E-state index in [0.29, 0.717) is 6.42 Å². The highest BCUT2D eigenvalue weighted by molar-refractivity contribution is 5.81. The van der Waals surface area contributed by atoms with Crippen molar-refractivity contribution in [3.63, 3.8) is 0 Å². The van der Waals surface area contributed by atoms with Crippen LogP contribution in [-0.2, 0) is 38.2 Å². The first-order chi connectivity index (χ1) is 21.9. The highest BCUT2D eigenvalue weighted by Crippen LogP contribution is 2.12. The van der Waals surface area contributed by atoms with Crippen LogP contribution in [0.4, 0.5) is 0 Å². The lowest BCUT2D eigenvalue weighted by molar-refractivity contribution is -0.176. The molecule has 0 radical (unpaired) electrons. The van der Waals surface area contributed by atoms with Gasteiger partial charge in [-0.1, -0.05) is 79.8 Å². The van der Waals surface area contributed by atoms with Crippen LogP contribution >= 0.6 is 0 Å². The number of allylic oxidation sites excluding steroid dienone is 8. The number of carboxylic acid groups (broad SMARTS) is 3. The Kier molecular flexibility index (Phi) is 23.4. The molecule has 5 atom stereocenters. The Morgan fingerprint density at radius 1 is 0.739 bits per heavy atom. The molecule has 0 aliphatic carbocycles. The number of carbonyl (C=O) groups excluding carboxylic acids is 2. The predicted octanol–water partition coefficient (Wildman–Crippen LogP) is 2.25. The van der Waals surface area contributed by atoms with Gasteiger partial charge >= 0.3 is 29.8 Å². The minimum absolute atomic E-state index is 0.0137. The highest BCUT2D eigenvalue weighted by atomic mass is 16.6. The number of hydrogen-bond donors (Lipinski definition) is 6. The van der Waals surface area contributed by atoms with Crippen LogP contribution in [0.3, 0.4) is 0 Å². The lowest BCUT2D eigenvalue weighted by atomic mass is 10.1. The van der Waals surface area contributed by atoms with Gasteiger partial charge in [0.15, 0.2) is 12.7 Å². The van der Waals surface area contributed by atoms with Gasteiger partial charge in [0.1, 0.15) is 6.10 Å². The molecule has 0 fully saturated rings. The van der Waals surface area contributed by atoms with Crippen molar-refractivity contribution in [3.05, 3.63) is 72.9 Å². The first-order valence-corrected chi connectivity index (χ1v) is 14.5. The van der Waals surface area contributed by atoms with E-state index >= 15 is 0 Å². The molecule has 0 spiro atoms. The average Bonchev–Trinajstić information content (AvgIpc) is 3.00. The second kappa shape index (κ2) is 25.9. The van der Waals surface area contributed by atoms with E-state index in [1.54, 1.807) is 48.6 Å². The van der Waals surface area contributed by atoms with Gasteiger partial charge in [-0.2, -0.15) is 0 Å². The second-order valence-corrected chi connectivity index (χ2v) is 9.60. The second-order valence-electron chi connectivity index (χ2n) is 9.60. The van der Waals surface area contributed by atoms with Crippen LogP contribution in [0.15, 0.2) is 72.9 Å². The molecule has 6 N–H and O–H groups in total. The summed E-state index contributed by atoms with van der Waals surface area (Å²) in [6, 6.07) is 0. The molecular weight excluding hydrogens is 608 g/mol. The standard InChI is InChI=1S/C32H44O14/c1-2-3-9-14-23(33)15-10-6-4-5-7-12-17-26(24(34)16-11-8-13-18-28(36)37)44-21-27(32(43)45-22-29(38)39)46-30(40)20-19-25(35)31(41)42/h3-12,15,17,23-27,33-35H,2,13-14,16,18-22H2,1H3,(H,36,37)(H,38,39)(H,41,42)/b6-4-,7-5+,9-3-,11-8-,15-10+,17-12+. The number of carboxylic acids is 3. The molecule has 0 saturated carbocycles. The number of ether oxygens (including phenoxy) is 3. The third kappa shape index (κ3) is 23.1. The van der Waals surface area contributed by atoms with E-state index < -0.39 is 86.4 Å². The molecule has 46 heavy (non-hydrogen) atoms. The van der Waals surface area contributed by atoms with Crippen molar-refractivity contribution in [2.24, 2.45) is 0 Å². The quantitative estimate of drug-likeness (QED) is 0.0472. The van der Waals surface area contributed by atoms with E-state index in [2.05, 4.69) is 4.74 Å². The highest BCUT2D eigenvalue weighted by Gasteiger charge is 2.29. The topological polar surface area (TPSA) is 234 Å². The first kappa shape index (κ1) is 41.6. The van der Waals surface area contributed by atoms with Gasteiger partial charge in [0.25, 0.3) is 0 Å². The minimum Gasteiger partial charge on any atom is -0.481 e. The van der Waals surface area contributed by atoms with Crippen LogP contribution in [0.1, 0.15) is 51.9 Å². The Hall–Kier alpha value is -4.37. The number of hydrogen-bond acceptors (Lipinski definition) is 11. The van der Waals surface area contributed by atoms with Gasteiger partial charge in [0.05, 0.1) is 18.8 Å². The van der Waals surface area contributed by atoms with Gasteiger partial charge in [-0.25, -0.2) is 14.4 Å². The van der Waals surface area contributed by atoms with Crippen molar-refractivity contribution in [1.29, 1.82) is 0 Å². The maximum atomic E-state index is 12.4. The first-order valence-electron chi connectivity index (χ1n) is 14.5. The summed E-state index contributed by atoms with van der Waals surface area (Å²) in [4.78, 5) is 56.9. The fourth-order valence-electron chi connectivity index (χ4n) is 3.26. The molecule has 0 aromatic carbocycles. The molecule has 0 aromatic heterocycles. The van der Waals surface area contributed by atoms with E-state index in [0.717, 1.165) is 6.42 Å². The predicted molar refractivity (Wildman–Crippen MR) is 164 cm³/mol. The molecule has 0 aliphatic heterocycles. The zero-order valence-electron chi connectivity index (χ0n) is 25.6. The zero-order chi connectivity index (χ0) is 34.7. The minimum atomic E-state index is -1.85. The Labute approximate surface area is 267 Å². The van der Waals surface area contributed by atoms with E-state index in [4.69, 9.17) is 24.8 Å². The van der Waals surface area contributed by atoms with Crippen LogP contribution in [0.2, 0.25) is 0 Å². The third-order valence-electron chi connectivity index (χ3n) is 5.64. The number of esters is 2. The van der Waals surface area contributed by atoms with Gasteiger partial charge in [-0.3, -0.25) is 9.59 Å². The van der Waals surface area contributed by atoms with Crippen LogP contribution < -0.4 is 0 Å². The van der Waals surface area contributed by atoms with E-state index in [9.17, 15) is 39.3 Å². The third-order valence-corrected chi connectivity index (χ3v) is 5.64. The Morgan fingerprint density at radius 2 is 1.37 bits per heavy atom. The van der Waals surface area contributed by atoms with Crippen molar-refractivity contribution in [1.82, 2.24) is 0 Å². The number of aliphatic hydroxyl groups excluding tert-OH is 3. The van der Waals surface area contributed by atoms with Crippen LogP contribution in [0, 0.1) is 0 Å². The number of rotatable bonds is 25. The molecule has 256 valence electrons. The van der Waals surface area contributed by atoms with Gasteiger partial charge in [0.2, 0.25) is 6.10 Å². The van der Waals surface area contributed by atoms with Crippen molar-refractivity contribution in [2.75, 3.05) is 13.2 Å². The van der Waals surface area contributed by atoms with Crippen molar-refractivity contribution in [2.45, 2.75) is 82.4 Å². The zero-order valence-corrected chi connectivity index (χ0v) is 25.6. The van der Waals surface area contributed by atoms with Gasteiger partial charge in [-0.05, 0) is 32.1 Å². The average molecular weight is 653 g/mol. The van der Waals surface area contributed by atoms with Crippen molar-refractivity contribution < 1.29 is 68.8 Å². The van der Waals surface area contributed by atoms with Crippen LogP contribution in [0.5, 0.6) is 0 Å². The fraction of sp³-hybridized carbons (Fsp3) is 0.469. The van der Waals surface area contributed by atoms with Gasteiger partial charge < -0.3 is 44.8 Å². The number of carbonyl (C=O) groups is 5. The maximum absolute atomic E-state index is 12.4. The Balaban J connectivity index is 5.59. The summed E-state index contributed by atoms with van der Waals surface area (Å²) in [7, 11) is 0.